The molecule has 0 saturated heterocycles. The third-order valence-electron chi connectivity index (χ3n) is 4.07. The molecule has 3 aromatic rings. The molecule has 0 aliphatic heterocycles. The van der Waals surface area contributed by atoms with Crippen molar-refractivity contribution >= 4 is 18.4 Å². The van der Waals surface area contributed by atoms with Gasteiger partial charge in [0.15, 0.2) is 17.5 Å². The fourth-order valence-electron chi connectivity index (χ4n) is 2.45. The molecule has 0 spiro atoms. The molecule has 146 valence electrons. The van der Waals surface area contributed by atoms with Crippen LogP contribution in [0.3, 0.4) is 0 Å². The van der Waals surface area contributed by atoms with Gasteiger partial charge in [-0.05, 0) is 53.0 Å². The second kappa shape index (κ2) is 8.02. The Balaban J connectivity index is 1.73. The van der Waals surface area contributed by atoms with E-state index in [1.165, 1.54) is 22.5 Å². The number of H-pyrrole nitrogens is 1. The van der Waals surface area contributed by atoms with Gasteiger partial charge >= 0.3 is 0 Å². The summed E-state index contributed by atoms with van der Waals surface area (Å²) in [5, 5.41) is 10.9. The number of nitrogens with zero attached hydrogens (tertiary/aromatic N) is 3. The second-order valence-electron chi connectivity index (χ2n) is 7.24. The minimum atomic E-state index is -0.943. The average Bonchev–Trinajstić information content (AvgIpc) is 3.00. The van der Waals surface area contributed by atoms with Crippen molar-refractivity contribution in [2.24, 2.45) is 5.10 Å². The smallest absolute Gasteiger partial charge is 0.216 e. The summed E-state index contributed by atoms with van der Waals surface area (Å²) in [7, 11) is 0. The summed E-state index contributed by atoms with van der Waals surface area (Å²) < 4.78 is 33.7. The number of nitrogens with one attached hydrogen (secondary N) is 1. The van der Waals surface area contributed by atoms with Crippen molar-refractivity contribution in [3.05, 3.63) is 75.8 Å². The van der Waals surface area contributed by atoms with E-state index in [9.17, 15) is 8.78 Å². The van der Waals surface area contributed by atoms with Gasteiger partial charge in [-0.15, -0.1) is 0 Å². The summed E-state index contributed by atoms with van der Waals surface area (Å²) in [5.74, 6) is -0.715. The largest absolute Gasteiger partial charge is 0.486 e. The monoisotopic (exact) mass is 402 g/mol. The van der Waals surface area contributed by atoms with Gasteiger partial charge in [0.05, 0.1) is 6.21 Å². The third-order valence-corrected chi connectivity index (χ3v) is 4.34. The molecule has 5 nitrogen and oxygen atoms in total. The lowest BCUT2D eigenvalue weighted by Gasteiger charge is -2.19. The fourth-order valence-corrected chi connectivity index (χ4v) is 2.65. The van der Waals surface area contributed by atoms with Gasteiger partial charge in [0.2, 0.25) is 4.77 Å². The Kier molecular flexibility index (Phi) is 5.69. The molecule has 0 bridgehead atoms. The predicted octanol–water partition coefficient (Wildman–Crippen LogP) is 4.98. The van der Waals surface area contributed by atoms with E-state index in [0.717, 1.165) is 12.1 Å². The molecule has 0 saturated carbocycles. The van der Waals surface area contributed by atoms with Crippen molar-refractivity contribution in [3.8, 4) is 5.75 Å². The molecule has 0 aliphatic rings. The molecule has 28 heavy (non-hydrogen) atoms. The average molecular weight is 402 g/mol. The Morgan fingerprint density at radius 2 is 1.86 bits per heavy atom. The predicted molar refractivity (Wildman–Crippen MR) is 106 cm³/mol. The normalized spacial score (nSPS) is 11.9. The van der Waals surface area contributed by atoms with Crippen molar-refractivity contribution in [3.63, 3.8) is 0 Å². The lowest BCUT2D eigenvalue weighted by molar-refractivity contribution is 0.290. The van der Waals surface area contributed by atoms with Gasteiger partial charge < -0.3 is 4.74 Å². The Bertz CT molecular complexity index is 1050. The summed E-state index contributed by atoms with van der Waals surface area (Å²) in [4.78, 5) is 0. The summed E-state index contributed by atoms with van der Waals surface area (Å²) in [5.41, 5.74) is 1.67. The summed E-state index contributed by atoms with van der Waals surface area (Å²) in [6.07, 6.45) is 1.37. The highest BCUT2D eigenvalue weighted by Crippen LogP contribution is 2.24. The Morgan fingerprint density at radius 1 is 1.14 bits per heavy atom. The second-order valence-corrected chi connectivity index (χ2v) is 7.62. The number of hydrogen-bond acceptors (Lipinski definition) is 4. The van der Waals surface area contributed by atoms with Crippen molar-refractivity contribution in [2.75, 3.05) is 0 Å². The van der Waals surface area contributed by atoms with Gasteiger partial charge in [-0.2, -0.15) is 14.9 Å². The molecule has 1 aromatic heterocycles. The third kappa shape index (κ3) is 4.69. The fraction of sp³-hybridized carbons (Fsp3) is 0.250. The maximum atomic E-state index is 13.3. The van der Waals surface area contributed by atoms with Crippen LogP contribution >= 0.6 is 12.2 Å². The maximum Gasteiger partial charge on any atom is 0.216 e. The van der Waals surface area contributed by atoms with E-state index in [1.54, 1.807) is 0 Å². The van der Waals surface area contributed by atoms with E-state index < -0.39 is 11.6 Å². The van der Waals surface area contributed by atoms with Crippen molar-refractivity contribution in [1.82, 2.24) is 14.9 Å². The van der Waals surface area contributed by atoms with Crippen LogP contribution in [0.15, 0.2) is 47.6 Å². The molecule has 0 atom stereocenters. The Morgan fingerprint density at radius 3 is 2.50 bits per heavy atom. The van der Waals surface area contributed by atoms with E-state index >= 15 is 0 Å². The standard InChI is InChI=1S/C20H20F2N4OS/c1-20(2,3)14-5-7-15(8-6-14)27-12-18-24-25-19(28)26(18)23-11-13-4-9-16(21)17(22)10-13/h4-11H,12H2,1-3H3,(H,25,28)/b23-11-. The lowest BCUT2D eigenvalue weighted by atomic mass is 9.87. The van der Waals surface area contributed by atoms with Crippen LogP contribution in [-0.2, 0) is 12.0 Å². The van der Waals surface area contributed by atoms with Crippen molar-refractivity contribution in [2.45, 2.75) is 32.8 Å². The van der Waals surface area contributed by atoms with Gasteiger partial charge in [0, 0.05) is 0 Å². The molecule has 1 heterocycles. The molecular weight excluding hydrogens is 382 g/mol. The van der Waals surface area contributed by atoms with Crippen molar-refractivity contribution in [1.29, 1.82) is 0 Å². The maximum absolute atomic E-state index is 13.3. The lowest BCUT2D eigenvalue weighted by Crippen LogP contribution is -2.10. The Hall–Kier alpha value is -2.87. The van der Waals surface area contributed by atoms with E-state index in [-0.39, 0.29) is 16.8 Å². The number of hydrogen-bond donors (Lipinski definition) is 1. The first-order valence-corrected chi connectivity index (χ1v) is 9.04. The summed E-state index contributed by atoms with van der Waals surface area (Å²) >= 11 is 5.17. The molecule has 0 radical (unpaired) electrons. The van der Waals surface area contributed by atoms with E-state index in [4.69, 9.17) is 17.0 Å². The first-order chi connectivity index (χ1) is 13.2. The Labute approximate surface area is 166 Å². The zero-order valence-electron chi connectivity index (χ0n) is 15.7. The van der Waals surface area contributed by atoms with Crippen LogP contribution in [-0.4, -0.2) is 21.1 Å². The first-order valence-electron chi connectivity index (χ1n) is 8.63. The van der Waals surface area contributed by atoms with Gasteiger partial charge in [0.1, 0.15) is 12.4 Å². The van der Waals surface area contributed by atoms with Gasteiger partial charge in [-0.25, -0.2) is 13.9 Å². The van der Waals surface area contributed by atoms with E-state index in [0.29, 0.717) is 17.1 Å². The zero-order chi connectivity index (χ0) is 20.3. The van der Waals surface area contributed by atoms with Crippen LogP contribution in [0.5, 0.6) is 5.75 Å². The molecule has 0 aliphatic carbocycles. The first kappa shape index (κ1) is 19.9. The minimum absolute atomic E-state index is 0.0650. The molecule has 1 N–H and O–H groups in total. The highest BCUT2D eigenvalue weighted by Gasteiger charge is 2.13. The number of halogens is 2. The van der Waals surface area contributed by atoms with Crippen LogP contribution < -0.4 is 4.74 Å². The zero-order valence-corrected chi connectivity index (χ0v) is 16.6. The number of benzene rings is 2. The van der Waals surface area contributed by atoms with E-state index in [2.05, 4.69) is 36.1 Å². The molecule has 8 heteroatoms. The highest BCUT2D eigenvalue weighted by atomic mass is 32.1. The van der Waals surface area contributed by atoms with Crippen LogP contribution in [0.4, 0.5) is 8.78 Å². The molecule has 0 fully saturated rings. The van der Waals surface area contributed by atoms with Crippen LogP contribution in [0.2, 0.25) is 0 Å². The molecule has 0 amide bonds. The van der Waals surface area contributed by atoms with Crippen LogP contribution in [0.25, 0.3) is 0 Å². The number of rotatable bonds is 5. The quantitative estimate of drug-likeness (QED) is 0.484. The molecule has 2 aromatic carbocycles. The topological polar surface area (TPSA) is 55.2 Å². The summed E-state index contributed by atoms with van der Waals surface area (Å²) in [6.45, 7) is 6.57. The molecular formula is C20H20F2N4OS. The molecule has 0 unspecified atom stereocenters. The number of aromatic nitrogens is 3. The van der Waals surface area contributed by atoms with Crippen LogP contribution in [0.1, 0.15) is 37.7 Å². The SMILES string of the molecule is CC(C)(C)c1ccc(OCc2n[nH]c(=S)n2/N=C\c2ccc(F)c(F)c2)cc1. The van der Waals surface area contributed by atoms with Gasteiger partial charge in [-0.3, -0.25) is 0 Å². The van der Waals surface area contributed by atoms with E-state index in [1.807, 2.05) is 24.3 Å². The summed E-state index contributed by atoms with van der Waals surface area (Å²) in [6, 6.07) is 11.3. The minimum Gasteiger partial charge on any atom is -0.486 e. The molecule has 3 rings (SSSR count). The van der Waals surface area contributed by atoms with Gasteiger partial charge in [-0.1, -0.05) is 39.0 Å². The number of aromatic amines is 1. The van der Waals surface area contributed by atoms with Crippen molar-refractivity contribution < 1.29 is 13.5 Å². The van der Waals surface area contributed by atoms with Gasteiger partial charge in [0.25, 0.3) is 0 Å². The highest BCUT2D eigenvalue weighted by molar-refractivity contribution is 7.71. The number of ether oxygens (including phenoxy) is 1. The van der Waals surface area contributed by atoms with Crippen LogP contribution in [0, 0.1) is 16.4 Å².